The zero-order valence-electron chi connectivity index (χ0n) is 8.66. The highest BCUT2D eigenvalue weighted by Gasteiger charge is 2.15. The third-order valence-corrected chi connectivity index (χ3v) is 2.07. The summed E-state index contributed by atoms with van der Waals surface area (Å²) in [5.41, 5.74) is -0.269. The van der Waals surface area contributed by atoms with Crippen LogP contribution in [0.3, 0.4) is 0 Å². The van der Waals surface area contributed by atoms with E-state index in [4.69, 9.17) is 0 Å². The molecule has 0 bridgehead atoms. The maximum atomic E-state index is 13.3. The van der Waals surface area contributed by atoms with Gasteiger partial charge >= 0.3 is 0 Å². The summed E-state index contributed by atoms with van der Waals surface area (Å²) in [6, 6.07) is 1.66. The minimum atomic E-state index is -0.862. The standard InChI is InChI=1S/C10H7F2N3O2/c1-4(16)14-15-9-6-2-5(11)3-7(12)8(6)13-10(9)17/h2-3,13,17H,1H3. The smallest absolute Gasteiger partial charge is 0.261 e. The molecule has 17 heavy (non-hydrogen) atoms. The van der Waals surface area contributed by atoms with Gasteiger partial charge in [0.05, 0.1) is 5.52 Å². The second kappa shape index (κ2) is 3.93. The number of aromatic hydroxyl groups is 1. The molecule has 88 valence electrons. The van der Waals surface area contributed by atoms with Crippen LogP contribution in [0.5, 0.6) is 5.88 Å². The fourth-order valence-corrected chi connectivity index (χ4v) is 1.41. The van der Waals surface area contributed by atoms with Crippen LogP contribution in [0, 0.1) is 11.6 Å². The highest BCUT2D eigenvalue weighted by Crippen LogP contribution is 2.36. The molecule has 0 aliphatic rings. The number of carbonyl (C=O) groups excluding carboxylic acids is 1. The first-order valence-electron chi connectivity index (χ1n) is 4.61. The predicted molar refractivity (Wildman–Crippen MR) is 55.1 cm³/mol. The summed E-state index contributed by atoms with van der Waals surface area (Å²) >= 11 is 0. The highest BCUT2D eigenvalue weighted by molar-refractivity contribution is 5.94. The Morgan fingerprint density at radius 1 is 1.41 bits per heavy atom. The fourth-order valence-electron chi connectivity index (χ4n) is 1.41. The van der Waals surface area contributed by atoms with Crippen molar-refractivity contribution in [2.45, 2.75) is 6.92 Å². The lowest BCUT2D eigenvalue weighted by Crippen LogP contribution is -1.81. The first-order valence-corrected chi connectivity index (χ1v) is 4.61. The van der Waals surface area contributed by atoms with Crippen molar-refractivity contribution in [1.29, 1.82) is 0 Å². The fraction of sp³-hybridized carbons (Fsp3) is 0.100. The van der Waals surface area contributed by atoms with E-state index in [1.165, 1.54) is 0 Å². The Hall–Kier alpha value is -2.31. The van der Waals surface area contributed by atoms with Crippen LogP contribution in [-0.2, 0) is 4.79 Å². The summed E-state index contributed by atoms with van der Waals surface area (Å²) in [5.74, 6) is -2.74. The molecule has 0 aliphatic heterocycles. The number of amides is 1. The molecule has 0 spiro atoms. The number of hydrogen-bond donors (Lipinski definition) is 2. The van der Waals surface area contributed by atoms with Crippen LogP contribution >= 0.6 is 0 Å². The van der Waals surface area contributed by atoms with Crippen LogP contribution in [0.4, 0.5) is 14.5 Å². The highest BCUT2D eigenvalue weighted by atomic mass is 19.1. The van der Waals surface area contributed by atoms with E-state index in [0.29, 0.717) is 6.07 Å². The number of azo groups is 1. The second-order valence-corrected chi connectivity index (χ2v) is 3.35. The van der Waals surface area contributed by atoms with Crippen molar-refractivity contribution in [3.8, 4) is 5.88 Å². The lowest BCUT2D eigenvalue weighted by atomic mass is 10.2. The van der Waals surface area contributed by atoms with Gasteiger partial charge in [-0.2, -0.15) is 0 Å². The van der Waals surface area contributed by atoms with E-state index < -0.39 is 23.4 Å². The Kier molecular flexibility index (Phi) is 2.58. The lowest BCUT2D eigenvalue weighted by Gasteiger charge is -1.93. The van der Waals surface area contributed by atoms with Crippen LogP contribution in [0.2, 0.25) is 0 Å². The molecule has 0 fully saturated rings. The van der Waals surface area contributed by atoms with Crippen molar-refractivity contribution in [2.75, 3.05) is 0 Å². The molecule has 7 heteroatoms. The molecule has 2 N–H and O–H groups in total. The molecule has 0 saturated heterocycles. The van der Waals surface area contributed by atoms with Crippen LogP contribution in [0.1, 0.15) is 6.92 Å². The van der Waals surface area contributed by atoms with Gasteiger partial charge < -0.3 is 10.1 Å². The van der Waals surface area contributed by atoms with Crippen molar-refractivity contribution >= 4 is 22.5 Å². The number of aromatic nitrogens is 1. The van der Waals surface area contributed by atoms with Crippen LogP contribution in [0.15, 0.2) is 22.4 Å². The Labute approximate surface area is 93.8 Å². The summed E-state index contributed by atoms with van der Waals surface area (Å²) in [6.07, 6.45) is 0. The van der Waals surface area contributed by atoms with Crippen molar-refractivity contribution in [2.24, 2.45) is 10.2 Å². The first kappa shape index (κ1) is 11.2. The van der Waals surface area contributed by atoms with Gasteiger partial charge in [0, 0.05) is 18.4 Å². The molecule has 1 heterocycles. The van der Waals surface area contributed by atoms with E-state index in [1.807, 2.05) is 0 Å². The van der Waals surface area contributed by atoms with Gasteiger partial charge in [-0.25, -0.2) is 8.78 Å². The summed E-state index contributed by atoms with van der Waals surface area (Å²) in [5, 5.41) is 16.1. The zero-order chi connectivity index (χ0) is 12.6. The summed E-state index contributed by atoms with van der Waals surface area (Å²) in [4.78, 5) is 12.9. The van der Waals surface area contributed by atoms with Crippen LogP contribution in [-0.4, -0.2) is 16.0 Å². The Bertz CT molecular complexity index is 634. The van der Waals surface area contributed by atoms with Gasteiger partial charge in [-0.15, -0.1) is 10.2 Å². The largest absolute Gasteiger partial charge is 0.493 e. The van der Waals surface area contributed by atoms with Gasteiger partial charge in [0.25, 0.3) is 5.91 Å². The monoisotopic (exact) mass is 239 g/mol. The average Bonchev–Trinajstić information content (AvgIpc) is 2.52. The molecule has 0 atom stereocenters. The first-order chi connectivity index (χ1) is 7.99. The number of fused-ring (bicyclic) bond motifs is 1. The SMILES string of the molecule is CC(=O)N=Nc1c(O)[nH]c2c(F)cc(F)cc12. The molecular weight excluding hydrogens is 232 g/mol. The van der Waals surface area contributed by atoms with E-state index in [9.17, 15) is 18.7 Å². The summed E-state index contributed by atoms with van der Waals surface area (Å²) in [6.45, 7) is 1.16. The molecule has 0 aliphatic carbocycles. The summed E-state index contributed by atoms with van der Waals surface area (Å²) < 4.78 is 26.3. The van der Waals surface area contributed by atoms with E-state index in [1.54, 1.807) is 0 Å². The van der Waals surface area contributed by atoms with Gasteiger partial charge in [0.2, 0.25) is 5.88 Å². The second-order valence-electron chi connectivity index (χ2n) is 3.35. The van der Waals surface area contributed by atoms with E-state index >= 15 is 0 Å². The molecule has 2 aromatic rings. The molecule has 1 aromatic heterocycles. The number of aromatic amines is 1. The van der Waals surface area contributed by atoms with Gasteiger partial charge in [-0.05, 0) is 6.07 Å². The van der Waals surface area contributed by atoms with Crippen molar-refractivity contribution < 1.29 is 18.7 Å². The molecule has 0 radical (unpaired) electrons. The van der Waals surface area contributed by atoms with Gasteiger partial charge in [0.1, 0.15) is 11.6 Å². The number of benzene rings is 1. The summed E-state index contributed by atoms with van der Waals surface area (Å²) in [7, 11) is 0. The predicted octanol–water partition coefficient (Wildman–Crippen LogP) is 2.78. The normalized spacial score (nSPS) is 11.5. The topological polar surface area (TPSA) is 77.8 Å². The van der Waals surface area contributed by atoms with Crippen molar-refractivity contribution in [3.05, 3.63) is 23.8 Å². The van der Waals surface area contributed by atoms with Gasteiger partial charge in [-0.3, -0.25) is 4.79 Å². The number of nitrogens with zero attached hydrogens (tertiary/aromatic N) is 2. The molecule has 0 saturated carbocycles. The van der Waals surface area contributed by atoms with Gasteiger partial charge in [0.15, 0.2) is 5.69 Å². The molecule has 2 rings (SSSR count). The van der Waals surface area contributed by atoms with Crippen molar-refractivity contribution in [1.82, 2.24) is 4.98 Å². The Balaban J connectivity index is 2.70. The minimum Gasteiger partial charge on any atom is -0.493 e. The zero-order valence-corrected chi connectivity index (χ0v) is 8.66. The van der Waals surface area contributed by atoms with E-state index in [-0.39, 0.29) is 16.6 Å². The van der Waals surface area contributed by atoms with Crippen LogP contribution < -0.4 is 0 Å². The number of H-pyrrole nitrogens is 1. The number of hydrogen-bond acceptors (Lipinski definition) is 3. The average molecular weight is 239 g/mol. The number of rotatable bonds is 1. The third-order valence-electron chi connectivity index (χ3n) is 2.07. The number of nitrogens with one attached hydrogen (secondary N) is 1. The molecule has 1 aromatic carbocycles. The van der Waals surface area contributed by atoms with Crippen molar-refractivity contribution in [3.63, 3.8) is 0 Å². The molecule has 1 amide bonds. The number of carbonyl (C=O) groups is 1. The lowest BCUT2D eigenvalue weighted by molar-refractivity contribution is -0.116. The molecular formula is C10H7F2N3O2. The minimum absolute atomic E-state index is 0.0185. The third kappa shape index (κ3) is 1.99. The molecule has 0 unspecified atom stereocenters. The van der Waals surface area contributed by atoms with Gasteiger partial charge in [-0.1, -0.05) is 0 Å². The quantitative estimate of drug-likeness (QED) is 0.750. The van der Waals surface area contributed by atoms with Crippen LogP contribution in [0.25, 0.3) is 10.9 Å². The maximum Gasteiger partial charge on any atom is 0.261 e. The number of halogens is 2. The van der Waals surface area contributed by atoms with E-state index in [2.05, 4.69) is 15.2 Å². The molecule has 5 nitrogen and oxygen atoms in total. The maximum absolute atomic E-state index is 13.3. The Morgan fingerprint density at radius 3 is 2.76 bits per heavy atom. The van der Waals surface area contributed by atoms with E-state index in [0.717, 1.165) is 13.0 Å². The Morgan fingerprint density at radius 2 is 2.12 bits per heavy atom.